The molecular formula is C14H30N2O3. The van der Waals surface area contributed by atoms with E-state index in [1.807, 2.05) is 6.92 Å². The van der Waals surface area contributed by atoms with Crippen LogP contribution in [0.3, 0.4) is 0 Å². The van der Waals surface area contributed by atoms with Gasteiger partial charge in [-0.15, -0.1) is 0 Å². The van der Waals surface area contributed by atoms with Crippen molar-refractivity contribution in [3.8, 4) is 0 Å². The lowest BCUT2D eigenvalue weighted by Gasteiger charge is -2.18. The second-order valence-corrected chi connectivity index (χ2v) is 5.55. The van der Waals surface area contributed by atoms with Crippen molar-refractivity contribution in [3.63, 3.8) is 0 Å². The van der Waals surface area contributed by atoms with Gasteiger partial charge in [-0.05, 0) is 38.6 Å². The summed E-state index contributed by atoms with van der Waals surface area (Å²) in [7, 11) is 0. The third-order valence-corrected chi connectivity index (χ3v) is 2.78. The number of nitrogens with two attached hydrogens (primary N) is 1. The van der Waals surface area contributed by atoms with Gasteiger partial charge in [-0.3, -0.25) is 4.79 Å². The Morgan fingerprint density at radius 1 is 1.32 bits per heavy atom. The van der Waals surface area contributed by atoms with Crippen LogP contribution in [0.15, 0.2) is 0 Å². The van der Waals surface area contributed by atoms with E-state index in [0.29, 0.717) is 25.5 Å². The molecule has 2 atom stereocenters. The van der Waals surface area contributed by atoms with Crippen molar-refractivity contribution in [2.75, 3.05) is 19.7 Å². The number of ether oxygens (including phenoxy) is 1. The Morgan fingerprint density at radius 3 is 2.58 bits per heavy atom. The Hall–Kier alpha value is -0.650. The number of carbonyl (C=O) groups is 1. The summed E-state index contributed by atoms with van der Waals surface area (Å²) in [5, 5.41) is 12.9. The molecular weight excluding hydrogens is 244 g/mol. The normalized spacial score (nSPS) is 14.6. The fraction of sp³-hybridized carbons (Fsp3) is 0.929. The summed E-state index contributed by atoms with van der Waals surface area (Å²) in [6, 6.07) is 0. The van der Waals surface area contributed by atoms with Gasteiger partial charge in [0.05, 0.1) is 18.8 Å². The molecule has 0 radical (unpaired) electrons. The van der Waals surface area contributed by atoms with E-state index in [0.717, 1.165) is 25.8 Å². The summed E-state index contributed by atoms with van der Waals surface area (Å²) in [5.74, 6) is 0.350. The van der Waals surface area contributed by atoms with Crippen molar-refractivity contribution in [2.45, 2.75) is 58.7 Å². The number of aliphatic hydroxyl groups is 1. The SMILES string of the molecule is CC(C)CC(C)OCC(O)CNCCCCC(N)=O. The van der Waals surface area contributed by atoms with Crippen LogP contribution in [-0.4, -0.2) is 42.9 Å². The maximum Gasteiger partial charge on any atom is 0.217 e. The maximum atomic E-state index is 10.5. The topological polar surface area (TPSA) is 84.6 Å². The summed E-state index contributed by atoms with van der Waals surface area (Å²) in [6.07, 6.45) is 2.82. The Kier molecular flexibility index (Phi) is 10.8. The minimum absolute atomic E-state index is 0.185. The van der Waals surface area contributed by atoms with E-state index >= 15 is 0 Å². The molecule has 0 saturated carbocycles. The van der Waals surface area contributed by atoms with Crippen LogP contribution >= 0.6 is 0 Å². The molecule has 0 fully saturated rings. The van der Waals surface area contributed by atoms with Crippen molar-refractivity contribution in [3.05, 3.63) is 0 Å². The monoisotopic (exact) mass is 274 g/mol. The molecule has 114 valence electrons. The standard InChI is InChI=1S/C14H30N2O3/c1-11(2)8-12(3)19-10-13(17)9-16-7-5-4-6-14(15)18/h11-13,16-17H,4-10H2,1-3H3,(H2,15,18). The lowest BCUT2D eigenvalue weighted by molar-refractivity contribution is -0.118. The first-order valence-electron chi connectivity index (χ1n) is 7.20. The Morgan fingerprint density at radius 2 is 2.00 bits per heavy atom. The molecule has 0 rings (SSSR count). The zero-order valence-electron chi connectivity index (χ0n) is 12.5. The van der Waals surface area contributed by atoms with Crippen LogP contribution in [0, 0.1) is 5.92 Å². The molecule has 5 heteroatoms. The summed E-state index contributed by atoms with van der Waals surface area (Å²) in [4.78, 5) is 10.5. The van der Waals surface area contributed by atoms with Crippen molar-refractivity contribution in [2.24, 2.45) is 11.7 Å². The van der Waals surface area contributed by atoms with E-state index in [9.17, 15) is 9.90 Å². The first-order valence-corrected chi connectivity index (χ1v) is 7.20. The van der Waals surface area contributed by atoms with E-state index in [4.69, 9.17) is 10.5 Å². The highest BCUT2D eigenvalue weighted by Gasteiger charge is 2.09. The van der Waals surface area contributed by atoms with Crippen LogP contribution in [0.2, 0.25) is 0 Å². The van der Waals surface area contributed by atoms with Gasteiger partial charge in [-0.2, -0.15) is 0 Å². The number of carbonyl (C=O) groups excluding carboxylic acids is 1. The molecule has 5 nitrogen and oxygen atoms in total. The molecule has 0 aliphatic rings. The van der Waals surface area contributed by atoms with Gasteiger partial charge in [0.1, 0.15) is 0 Å². The minimum Gasteiger partial charge on any atom is -0.389 e. The highest BCUT2D eigenvalue weighted by atomic mass is 16.5. The van der Waals surface area contributed by atoms with Crippen molar-refractivity contribution in [1.29, 1.82) is 0 Å². The fourth-order valence-electron chi connectivity index (χ4n) is 1.88. The molecule has 1 amide bonds. The average molecular weight is 274 g/mol. The van der Waals surface area contributed by atoms with E-state index in [-0.39, 0.29) is 12.0 Å². The second kappa shape index (κ2) is 11.2. The van der Waals surface area contributed by atoms with Crippen LogP contribution in [0.5, 0.6) is 0 Å². The third kappa shape index (κ3) is 13.6. The highest BCUT2D eigenvalue weighted by Crippen LogP contribution is 2.07. The highest BCUT2D eigenvalue weighted by molar-refractivity contribution is 5.73. The van der Waals surface area contributed by atoms with Crippen LogP contribution in [0.25, 0.3) is 0 Å². The number of primary amides is 1. The molecule has 0 saturated heterocycles. The summed E-state index contributed by atoms with van der Waals surface area (Å²) < 4.78 is 5.57. The van der Waals surface area contributed by atoms with Crippen LogP contribution < -0.4 is 11.1 Å². The lowest BCUT2D eigenvalue weighted by atomic mass is 10.1. The number of aliphatic hydroxyl groups excluding tert-OH is 1. The van der Waals surface area contributed by atoms with Gasteiger partial charge in [0.25, 0.3) is 0 Å². The number of rotatable bonds is 12. The molecule has 0 heterocycles. The number of unbranched alkanes of at least 4 members (excludes halogenated alkanes) is 1. The first-order chi connectivity index (χ1) is 8.91. The van der Waals surface area contributed by atoms with E-state index in [1.165, 1.54) is 0 Å². The molecule has 0 aromatic rings. The van der Waals surface area contributed by atoms with Crippen molar-refractivity contribution < 1.29 is 14.6 Å². The number of hydrogen-bond acceptors (Lipinski definition) is 4. The molecule has 0 aromatic carbocycles. The number of amides is 1. The average Bonchev–Trinajstić information content (AvgIpc) is 2.29. The predicted molar refractivity (Wildman–Crippen MR) is 76.8 cm³/mol. The van der Waals surface area contributed by atoms with Crippen LogP contribution in [0.1, 0.15) is 46.5 Å². The van der Waals surface area contributed by atoms with Gasteiger partial charge < -0.3 is 20.9 Å². The summed E-state index contributed by atoms with van der Waals surface area (Å²) in [6.45, 7) is 8.01. The predicted octanol–water partition coefficient (Wildman–Crippen LogP) is 1.04. The van der Waals surface area contributed by atoms with Gasteiger partial charge in [0.2, 0.25) is 5.91 Å². The van der Waals surface area contributed by atoms with Crippen molar-refractivity contribution in [1.82, 2.24) is 5.32 Å². The fourth-order valence-corrected chi connectivity index (χ4v) is 1.88. The van der Waals surface area contributed by atoms with Gasteiger partial charge in [-0.25, -0.2) is 0 Å². The van der Waals surface area contributed by atoms with Gasteiger partial charge in [0.15, 0.2) is 0 Å². The summed E-state index contributed by atoms with van der Waals surface area (Å²) in [5.41, 5.74) is 5.04. The largest absolute Gasteiger partial charge is 0.389 e. The second-order valence-electron chi connectivity index (χ2n) is 5.55. The smallest absolute Gasteiger partial charge is 0.217 e. The molecule has 0 aromatic heterocycles. The van der Waals surface area contributed by atoms with Crippen LogP contribution in [-0.2, 0) is 9.53 Å². The maximum absolute atomic E-state index is 10.5. The Labute approximate surface area is 116 Å². The van der Waals surface area contributed by atoms with E-state index < -0.39 is 6.10 Å². The van der Waals surface area contributed by atoms with E-state index in [1.54, 1.807) is 0 Å². The van der Waals surface area contributed by atoms with Gasteiger partial charge >= 0.3 is 0 Å². The van der Waals surface area contributed by atoms with Crippen molar-refractivity contribution >= 4 is 5.91 Å². The first kappa shape index (κ1) is 18.4. The Balaban J connectivity index is 3.39. The molecule has 0 spiro atoms. The van der Waals surface area contributed by atoms with Crippen LogP contribution in [0.4, 0.5) is 0 Å². The van der Waals surface area contributed by atoms with Gasteiger partial charge in [0, 0.05) is 13.0 Å². The van der Waals surface area contributed by atoms with E-state index in [2.05, 4.69) is 19.2 Å². The molecule has 2 unspecified atom stereocenters. The number of hydrogen-bond donors (Lipinski definition) is 3. The Bertz CT molecular complexity index is 235. The zero-order chi connectivity index (χ0) is 14.7. The van der Waals surface area contributed by atoms with Gasteiger partial charge in [-0.1, -0.05) is 13.8 Å². The number of nitrogens with one attached hydrogen (secondary N) is 1. The quantitative estimate of drug-likeness (QED) is 0.464. The zero-order valence-corrected chi connectivity index (χ0v) is 12.5. The molecule has 0 aliphatic heterocycles. The third-order valence-electron chi connectivity index (χ3n) is 2.78. The molecule has 19 heavy (non-hydrogen) atoms. The lowest BCUT2D eigenvalue weighted by Crippen LogP contribution is -2.32. The minimum atomic E-state index is -0.481. The summed E-state index contributed by atoms with van der Waals surface area (Å²) >= 11 is 0. The molecule has 0 bridgehead atoms. The molecule has 0 aliphatic carbocycles. The molecule has 4 N–H and O–H groups in total.